The molecule has 1 heterocycles. The number of amides is 1. The summed E-state index contributed by atoms with van der Waals surface area (Å²) in [5.41, 5.74) is 2.25. The van der Waals surface area contributed by atoms with Crippen LogP contribution in [0.15, 0.2) is 53.1 Å². The van der Waals surface area contributed by atoms with E-state index >= 15 is 0 Å². The second kappa shape index (κ2) is 7.17. The summed E-state index contributed by atoms with van der Waals surface area (Å²) >= 11 is 0. The van der Waals surface area contributed by atoms with Gasteiger partial charge in [-0.2, -0.15) is 0 Å². The predicted molar refractivity (Wildman–Crippen MR) is 91.1 cm³/mol. The number of ether oxygens (including phenoxy) is 1. The van der Waals surface area contributed by atoms with E-state index in [2.05, 4.69) is 10.5 Å². The van der Waals surface area contributed by atoms with Crippen molar-refractivity contribution in [2.75, 3.05) is 5.32 Å². The van der Waals surface area contributed by atoms with Crippen LogP contribution >= 0.6 is 0 Å². The molecule has 128 valence electrons. The quantitative estimate of drug-likeness (QED) is 0.754. The molecule has 0 spiro atoms. The number of para-hydroxylation sites is 1. The number of aromatic nitrogens is 1. The normalized spacial score (nSPS) is 10.5. The van der Waals surface area contributed by atoms with Gasteiger partial charge in [0.2, 0.25) is 0 Å². The molecular weight excluding hydrogens is 323 g/mol. The number of carbonyl (C=O) groups is 1. The third-order valence-corrected chi connectivity index (χ3v) is 3.80. The molecule has 0 saturated carbocycles. The van der Waals surface area contributed by atoms with Gasteiger partial charge in [0.1, 0.15) is 23.9 Å². The summed E-state index contributed by atoms with van der Waals surface area (Å²) in [6, 6.07) is 12.6. The van der Waals surface area contributed by atoms with Crippen molar-refractivity contribution < 1.29 is 18.4 Å². The maximum absolute atomic E-state index is 13.6. The lowest BCUT2D eigenvalue weighted by molar-refractivity contribution is 0.102. The average molecular weight is 340 g/mol. The Kier molecular flexibility index (Phi) is 4.79. The number of aryl methyl sites for hydroxylation is 2. The molecule has 6 heteroatoms. The van der Waals surface area contributed by atoms with E-state index in [0.29, 0.717) is 17.9 Å². The van der Waals surface area contributed by atoms with Crippen LogP contribution in [0.2, 0.25) is 0 Å². The zero-order valence-electron chi connectivity index (χ0n) is 13.9. The highest BCUT2D eigenvalue weighted by atomic mass is 19.1. The Bertz CT molecular complexity index is 868. The summed E-state index contributed by atoms with van der Waals surface area (Å²) in [6.45, 7) is 4.02. The predicted octanol–water partition coefficient (Wildman–Crippen LogP) is 4.26. The Labute approximate surface area is 144 Å². The van der Waals surface area contributed by atoms with Crippen LogP contribution in [-0.4, -0.2) is 11.1 Å². The smallest absolute Gasteiger partial charge is 0.255 e. The van der Waals surface area contributed by atoms with Crippen LogP contribution in [-0.2, 0) is 6.61 Å². The van der Waals surface area contributed by atoms with Gasteiger partial charge in [-0.25, -0.2) is 4.39 Å². The number of carbonyl (C=O) groups excluding carboxylic acids is 1. The summed E-state index contributed by atoms with van der Waals surface area (Å²) in [4.78, 5) is 12.2. The van der Waals surface area contributed by atoms with Crippen molar-refractivity contribution in [1.29, 1.82) is 0 Å². The Morgan fingerprint density at radius 1 is 1.16 bits per heavy atom. The SMILES string of the molecule is Cc1noc(C)c1COc1ccc(C(=O)Nc2ccccc2F)cc1. The van der Waals surface area contributed by atoms with Crippen LogP contribution in [0.4, 0.5) is 10.1 Å². The number of benzene rings is 2. The van der Waals surface area contributed by atoms with Gasteiger partial charge < -0.3 is 14.6 Å². The first-order chi connectivity index (χ1) is 12.0. The second-order valence-corrected chi connectivity index (χ2v) is 5.55. The van der Waals surface area contributed by atoms with E-state index in [1.54, 1.807) is 36.4 Å². The van der Waals surface area contributed by atoms with E-state index in [4.69, 9.17) is 9.26 Å². The largest absolute Gasteiger partial charge is 0.489 e. The van der Waals surface area contributed by atoms with Gasteiger partial charge in [-0.15, -0.1) is 0 Å². The van der Waals surface area contributed by atoms with E-state index in [1.807, 2.05) is 13.8 Å². The van der Waals surface area contributed by atoms with Crippen molar-refractivity contribution in [1.82, 2.24) is 5.16 Å². The number of hydrogen-bond acceptors (Lipinski definition) is 4. The fourth-order valence-corrected chi connectivity index (χ4v) is 2.32. The maximum atomic E-state index is 13.6. The van der Waals surface area contributed by atoms with Gasteiger partial charge >= 0.3 is 0 Å². The first-order valence-electron chi connectivity index (χ1n) is 7.75. The molecule has 3 rings (SSSR count). The molecule has 0 aliphatic heterocycles. The second-order valence-electron chi connectivity index (χ2n) is 5.55. The maximum Gasteiger partial charge on any atom is 0.255 e. The summed E-state index contributed by atoms with van der Waals surface area (Å²) in [7, 11) is 0. The summed E-state index contributed by atoms with van der Waals surface area (Å²) in [5, 5.41) is 6.41. The van der Waals surface area contributed by atoms with Crippen molar-refractivity contribution in [2.45, 2.75) is 20.5 Å². The molecule has 1 N–H and O–H groups in total. The molecule has 25 heavy (non-hydrogen) atoms. The summed E-state index contributed by atoms with van der Waals surface area (Å²) < 4.78 is 24.4. The van der Waals surface area contributed by atoms with E-state index in [-0.39, 0.29) is 11.6 Å². The van der Waals surface area contributed by atoms with Gasteiger partial charge in [0.15, 0.2) is 0 Å². The minimum absolute atomic E-state index is 0.145. The van der Waals surface area contributed by atoms with E-state index in [1.165, 1.54) is 12.1 Å². The van der Waals surface area contributed by atoms with Crippen molar-refractivity contribution in [3.8, 4) is 5.75 Å². The van der Waals surface area contributed by atoms with Crippen LogP contribution in [0, 0.1) is 19.7 Å². The molecule has 0 fully saturated rings. The Balaban J connectivity index is 1.64. The molecule has 0 aliphatic carbocycles. The molecule has 0 saturated heterocycles. The van der Waals surface area contributed by atoms with Gasteiger partial charge in [0.25, 0.3) is 5.91 Å². The van der Waals surface area contributed by atoms with Crippen LogP contribution in [0.25, 0.3) is 0 Å². The number of hydrogen-bond donors (Lipinski definition) is 1. The van der Waals surface area contributed by atoms with Crippen molar-refractivity contribution in [3.05, 3.63) is 76.9 Å². The van der Waals surface area contributed by atoms with Gasteiger partial charge in [-0.1, -0.05) is 17.3 Å². The van der Waals surface area contributed by atoms with Gasteiger partial charge in [-0.05, 0) is 50.2 Å². The van der Waals surface area contributed by atoms with Gasteiger partial charge in [-0.3, -0.25) is 4.79 Å². The Hall–Kier alpha value is -3.15. The number of nitrogens with zero attached hydrogens (tertiary/aromatic N) is 1. The topological polar surface area (TPSA) is 64.4 Å². The number of nitrogens with one attached hydrogen (secondary N) is 1. The number of halogens is 1. The highest BCUT2D eigenvalue weighted by molar-refractivity contribution is 6.04. The van der Waals surface area contributed by atoms with Crippen molar-refractivity contribution >= 4 is 11.6 Å². The van der Waals surface area contributed by atoms with Crippen molar-refractivity contribution in [3.63, 3.8) is 0 Å². The average Bonchev–Trinajstić information content (AvgIpc) is 2.93. The van der Waals surface area contributed by atoms with E-state index < -0.39 is 5.82 Å². The van der Waals surface area contributed by atoms with Gasteiger partial charge in [0.05, 0.1) is 16.9 Å². The minimum Gasteiger partial charge on any atom is -0.489 e. The first-order valence-corrected chi connectivity index (χ1v) is 7.75. The molecular formula is C19H17FN2O3. The molecule has 1 amide bonds. The lowest BCUT2D eigenvalue weighted by atomic mass is 10.2. The van der Waals surface area contributed by atoms with Crippen LogP contribution < -0.4 is 10.1 Å². The molecule has 0 aliphatic rings. The molecule has 1 aromatic heterocycles. The standard InChI is InChI=1S/C19H17FN2O3/c1-12-16(13(2)25-22-12)11-24-15-9-7-14(8-10-15)19(23)21-18-6-4-3-5-17(18)20/h3-10H,11H2,1-2H3,(H,21,23). The fourth-order valence-electron chi connectivity index (χ4n) is 2.32. The monoisotopic (exact) mass is 340 g/mol. The van der Waals surface area contributed by atoms with E-state index in [9.17, 15) is 9.18 Å². The molecule has 2 aromatic carbocycles. The Morgan fingerprint density at radius 3 is 2.52 bits per heavy atom. The third-order valence-electron chi connectivity index (χ3n) is 3.80. The molecule has 0 atom stereocenters. The minimum atomic E-state index is -0.477. The van der Waals surface area contributed by atoms with Crippen LogP contribution in [0.5, 0.6) is 5.75 Å². The third kappa shape index (κ3) is 3.85. The van der Waals surface area contributed by atoms with Crippen LogP contribution in [0.1, 0.15) is 27.4 Å². The zero-order valence-corrected chi connectivity index (χ0v) is 13.9. The Morgan fingerprint density at radius 2 is 1.88 bits per heavy atom. The highest BCUT2D eigenvalue weighted by Crippen LogP contribution is 2.19. The summed E-state index contributed by atoms with van der Waals surface area (Å²) in [5.74, 6) is 0.471. The zero-order chi connectivity index (χ0) is 17.8. The number of rotatable bonds is 5. The number of anilines is 1. The van der Waals surface area contributed by atoms with Gasteiger partial charge in [0, 0.05) is 5.56 Å². The first kappa shape index (κ1) is 16.7. The molecule has 0 radical (unpaired) electrons. The lowest BCUT2D eigenvalue weighted by Gasteiger charge is -2.08. The van der Waals surface area contributed by atoms with Crippen LogP contribution in [0.3, 0.4) is 0 Å². The van der Waals surface area contributed by atoms with Crippen molar-refractivity contribution in [2.24, 2.45) is 0 Å². The molecule has 0 unspecified atom stereocenters. The molecule has 5 nitrogen and oxygen atoms in total. The summed E-state index contributed by atoms with van der Waals surface area (Å²) in [6.07, 6.45) is 0. The highest BCUT2D eigenvalue weighted by Gasteiger charge is 2.11. The lowest BCUT2D eigenvalue weighted by Crippen LogP contribution is -2.12. The molecule has 3 aromatic rings. The van der Waals surface area contributed by atoms with E-state index in [0.717, 1.165) is 17.0 Å². The molecule has 0 bridgehead atoms. The fraction of sp³-hybridized carbons (Fsp3) is 0.158.